The maximum Gasteiger partial charge on any atom is 0.308 e. The second-order valence-corrected chi connectivity index (χ2v) is 5.89. The number of nitrogens with one attached hydrogen (secondary N) is 1. The van der Waals surface area contributed by atoms with Crippen LogP contribution in [0.2, 0.25) is 0 Å². The molecule has 4 nitrogen and oxygen atoms in total. The van der Waals surface area contributed by atoms with Crippen LogP contribution in [0.4, 0.5) is 0 Å². The van der Waals surface area contributed by atoms with Gasteiger partial charge in [0, 0.05) is 12.5 Å². The number of carboxylic acid groups (broad SMARTS) is 1. The summed E-state index contributed by atoms with van der Waals surface area (Å²) in [6.07, 6.45) is 4.52. The first kappa shape index (κ1) is 15.5. The zero-order valence-corrected chi connectivity index (χ0v) is 12.5. The molecule has 0 heterocycles. The predicted molar refractivity (Wildman–Crippen MR) is 81.0 cm³/mol. The smallest absolute Gasteiger partial charge is 0.308 e. The third kappa shape index (κ3) is 4.31. The molecule has 0 radical (unpaired) electrons. The Morgan fingerprint density at radius 2 is 1.95 bits per heavy atom. The Labute approximate surface area is 125 Å². The van der Waals surface area contributed by atoms with Crippen LogP contribution < -0.4 is 5.32 Å². The lowest BCUT2D eigenvalue weighted by Gasteiger charge is -2.16. The fourth-order valence-corrected chi connectivity index (χ4v) is 2.91. The van der Waals surface area contributed by atoms with Crippen LogP contribution in [0.3, 0.4) is 0 Å². The fraction of sp³-hybridized carbons (Fsp3) is 0.529. The van der Waals surface area contributed by atoms with Crippen molar-refractivity contribution in [3.63, 3.8) is 0 Å². The zero-order valence-electron chi connectivity index (χ0n) is 12.5. The highest BCUT2D eigenvalue weighted by molar-refractivity contribution is 5.79. The van der Waals surface area contributed by atoms with Gasteiger partial charge >= 0.3 is 5.97 Å². The molecule has 2 rings (SSSR count). The fourth-order valence-electron chi connectivity index (χ4n) is 2.91. The van der Waals surface area contributed by atoms with Gasteiger partial charge in [0.05, 0.1) is 5.92 Å². The molecule has 1 aliphatic rings. The van der Waals surface area contributed by atoms with E-state index in [1.807, 2.05) is 31.2 Å². The first-order chi connectivity index (χ1) is 10.1. The first-order valence-corrected chi connectivity index (χ1v) is 7.63. The summed E-state index contributed by atoms with van der Waals surface area (Å²) in [5, 5.41) is 12.2. The lowest BCUT2D eigenvalue weighted by atomic mass is 9.96. The van der Waals surface area contributed by atoms with Gasteiger partial charge in [0.25, 0.3) is 0 Å². The standard InChI is InChI=1S/C17H23NO3/c1-12-6-2-3-9-14(12)10-15(17(20)21)11-18-16(19)13-7-4-5-8-13/h2-3,6,9,13,15H,4-5,7-8,10-11H2,1H3,(H,18,19)(H,20,21)/t15-/m0/s1. The molecule has 0 saturated heterocycles. The van der Waals surface area contributed by atoms with Crippen molar-refractivity contribution in [3.8, 4) is 0 Å². The number of carbonyl (C=O) groups is 2. The van der Waals surface area contributed by atoms with Crippen molar-refractivity contribution >= 4 is 11.9 Å². The zero-order chi connectivity index (χ0) is 15.2. The van der Waals surface area contributed by atoms with Gasteiger partial charge in [-0.2, -0.15) is 0 Å². The topological polar surface area (TPSA) is 66.4 Å². The van der Waals surface area contributed by atoms with E-state index in [9.17, 15) is 14.7 Å². The Balaban J connectivity index is 1.92. The van der Waals surface area contributed by atoms with Crippen molar-refractivity contribution < 1.29 is 14.7 Å². The number of amides is 1. The van der Waals surface area contributed by atoms with Crippen molar-refractivity contribution in [2.75, 3.05) is 6.54 Å². The van der Waals surface area contributed by atoms with Crippen LogP contribution >= 0.6 is 0 Å². The number of carboxylic acids is 1. The van der Waals surface area contributed by atoms with E-state index in [1.165, 1.54) is 0 Å². The van der Waals surface area contributed by atoms with Gasteiger partial charge in [-0.15, -0.1) is 0 Å². The van der Waals surface area contributed by atoms with Crippen LogP contribution in [-0.4, -0.2) is 23.5 Å². The second-order valence-electron chi connectivity index (χ2n) is 5.89. The van der Waals surface area contributed by atoms with Gasteiger partial charge in [0.2, 0.25) is 5.91 Å². The van der Waals surface area contributed by atoms with Gasteiger partial charge in [-0.3, -0.25) is 9.59 Å². The molecule has 0 aliphatic heterocycles. The SMILES string of the molecule is Cc1ccccc1C[C@@H](CNC(=O)C1CCCC1)C(=O)O. The number of carbonyl (C=O) groups excluding carboxylic acids is 1. The summed E-state index contributed by atoms with van der Waals surface area (Å²) in [7, 11) is 0. The molecule has 1 aromatic carbocycles. The third-order valence-corrected chi connectivity index (χ3v) is 4.33. The van der Waals surface area contributed by atoms with Crippen molar-refractivity contribution in [2.24, 2.45) is 11.8 Å². The summed E-state index contributed by atoms with van der Waals surface area (Å²) in [5.74, 6) is -1.33. The highest BCUT2D eigenvalue weighted by Crippen LogP contribution is 2.24. The summed E-state index contributed by atoms with van der Waals surface area (Å²) in [5.41, 5.74) is 2.12. The largest absolute Gasteiger partial charge is 0.481 e. The molecule has 1 amide bonds. The first-order valence-electron chi connectivity index (χ1n) is 7.63. The van der Waals surface area contributed by atoms with Gasteiger partial charge in [0.1, 0.15) is 0 Å². The van der Waals surface area contributed by atoms with E-state index in [1.54, 1.807) is 0 Å². The van der Waals surface area contributed by atoms with Gasteiger partial charge in [0.15, 0.2) is 0 Å². The molecule has 1 saturated carbocycles. The second kappa shape index (κ2) is 7.25. The van der Waals surface area contributed by atoms with Gasteiger partial charge < -0.3 is 10.4 Å². The van der Waals surface area contributed by atoms with E-state index in [2.05, 4.69) is 5.32 Å². The predicted octanol–water partition coefficient (Wildman–Crippen LogP) is 2.54. The Morgan fingerprint density at radius 3 is 2.57 bits per heavy atom. The lowest BCUT2D eigenvalue weighted by molar-refractivity contribution is -0.141. The normalized spacial score (nSPS) is 16.6. The van der Waals surface area contributed by atoms with Crippen molar-refractivity contribution in [1.29, 1.82) is 0 Å². The lowest BCUT2D eigenvalue weighted by Crippen LogP contribution is -2.37. The molecule has 0 unspecified atom stereocenters. The molecular weight excluding hydrogens is 266 g/mol. The Bertz CT molecular complexity index is 507. The van der Waals surface area contributed by atoms with Crippen molar-refractivity contribution in [1.82, 2.24) is 5.32 Å². The minimum atomic E-state index is -0.857. The summed E-state index contributed by atoms with van der Waals surface area (Å²) in [6, 6.07) is 7.78. The Hall–Kier alpha value is -1.84. The quantitative estimate of drug-likeness (QED) is 0.845. The van der Waals surface area contributed by atoms with E-state index in [0.29, 0.717) is 6.42 Å². The van der Waals surface area contributed by atoms with Crippen LogP contribution in [0.15, 0.2) is 24.3 Å². The summed E-state index contributed by atoms with van der Waals surface area (Å²) >= 11 is 0. The molecule has 1 aliphatic carbocycles. The molecule has 21 heavy (non-hydrogen) atoms. The Morgan fingerprint density at radius 1 is 1.29 bits per heavy atom. The van der Waals surface area contributed by atoms with Crippen molar-refractivity contribution in [2.45, 2.75) is 39.0 Å². The molecule has 1 aromatic rings. The van der Waals surface area contributed by atoms with Crippen LogP contribution in [-0.2, 0) is 16.0 Å². The average Bonchev–Trinajstić information content (AvgIpc) is 2.99. The minimum Gasteiger partial charge on any atom is -0.481 e. The molecule has 2 N–H and O–H groups in total. The third-order valence-electron chi connectivity index (χ3n) is 4.33. The van der Waals surface area contributed by atoms with E-state index >= 15 is 0 Å². The number of hydrogen-bond acceptors (Lipinski definition) is 2. The van der Waals surface area contributed by atoms with E-state index in [0.717, 1.165) is 36.8 Å². The minimum absolute atomic E-state index is 0.0172. The van der Waals surface area contributed by atoms with Gasteiger partial charge in [-0.1, -0.05) is 37.1 Å². The van der Waals surface area contributed by atoms with Crippen molar-refractivity contribution in [3.05, 3.63) is 35.4 Å². The molecule has 0 bridgehead atoms. The summed E-state index contributed by atoms with van der Waals surface area (Å²) in [6.45, 7) is 2.18. The van der Waals surface area contributed by atoms with Crippen LogP contribution in [0.5, 0.6) is 0 Å². The number of aryl methyl sites for hydroxylation is 1. The molecule has 114 valence electrons. The molecular formula is C17H23NO3. The Kier molecular flexibility index (Phi) is 5.37. The van der Waals surface area contributed by atoms with Gasteiger partial charge in [-0.25, -0.2) is 0 Å². The number of rotatable bonds is 6. The van der Waals surface area contributed by atoms with Crippen LogP contribution in [0.1, 0.15) is 36.8 Å². The number of aliphatic carboxylic acids is 1. The monoisotopic (exact) mass is 289 g/mol. The molecule has 0 spiro atoms. The van der Waals surface area contributed by atoms with E-state index in [-0.39, 0.29) is 18.4 Å². The summed E-state index contributed by atoms with van der Waals surface area (Å²) < 4.78 is 0. The maximum absolute atomic E-state index is 12.0. The summed E-state index contributed by atoms with van der Waals surface area (Å²) in [4.78, 5) is 23.4. The molecule has 0 aromatic heterocycles. The van der Waals surface area contributed by atoms with E-state index in [4.69, 9.17) is 0 Å². The molecule has 4 heteroatoms. The molecule has 1 fully saturated rings. The number of hydrogen-bond donors (Lipinski definition) is 2. The van der Waals surface area contributed by atoms with Crippen LogP contribution in [0, 0.1) is 18.8 Å². The number of benzene rings is 1. The highest BCUT2D eigenvalue weighted by Gasteiger charge is 2.25. The maximum atomic E-state index is 12.0. The van der Waals surface area contributed by atoms with Gasteiger partial charge in [-0.05, 0) is 37.3 Å². The van der Waals surface area contributed by atoms with Crippen LogP contribution in [0.25, 0.3) is 0 Å². The van der Waals surface area contributed by atoms with E-state index < -0.39 is 11.9 Å². The average molecular weight is 289 g/mol. The highest BCUT2D eigenvalue weighted by atomic mass is 16.4. The molecule has 1 atom stereocenters.